The summed E-state index contributed by atoms with van der Waals surface area (Å²) >= 11 is 5.60. The number of rotatable bonds is 3. The summed E-state index contributed by atoms with van der Waals surface area (Å²) < 4.78 is 5.38. The Morgan fingerprint density at radius 1 is 1.67 bits per heavy atom. The number of ether oxygens (including phenoxy) is 1. The summed E-state index contributed by atoms with van der Waals surface area (Å²) in [5, 5.41) is 0.466. The average molecular weight is 184 g/mol. The fourth-order valence-electron chi connectivity index (χ4n) is 0.695. The number of halogens is 1. The van der Waals surface area contributed by atoms with Crippen LogP contribution >= 0.6 is 11.6 Å². The maximum Gasteiger partial charge on any atom is 0.138 e. The quantitative estimate of drug-likeness (QED) is 0.531. The summed E-state index contributed by atoms with van der Waals surface area (Å²) in [6.07, 6.45) is 3.30. The van der Waals surface area contributed by atoms with Crippen LogP contribution in [0.2, 0.25) is 5.15 Å². The van der Waals surface area contributed by atoms with Crippen LogP contribution in [0.5, 0.6) is 5.75 Å². The van der Waals surface area contributed by atoms with Gasteiger partial charge in [-0.3, -0.25) is 0 Å². The predicted octanol–water partition coefficient (Wildman–Crippen LogP) is 2.69. The molecule has 2 nitrogen and oxygen atoms in total. The Hall–Kier alpha value is -1.02. The molecule has 12 heavy (non-hydrogen) atoms. The van der Waals surface area contributed by atoms with Crippen molar-refractivity contribution in [2.45, 2.75) is 13.0 Å². The van der Waals surface area contributed by atoms with E-state index in [4.69, 9.17) is 16.3 Å². The van der Waals surface area contributed by atoms with Gasteiger partial charge < -0.3 is 4.74 Å². The normalized spacial score (nSPS) is 12.2. The fourth-order valence-corrected chi connectivity index (χ4v) is 0.807. The first-order chi connectivity index (χ1) is 5.72. The highest BCUT2D eigenvalue weighted by Crippen LogP contribution is 2.13. The third-order valence-corrected chi connectivity index (χ3v) is 1.58. The molecule has 0 aliphatic heterocycles. The van der Waals surface area contributed by atoms with Gasteiger partial charge in [0.15, 0.2) is 0 Å². The Morgan fingerprint density at radius 2 is 2.42 bits per heavy atom. The molecular weight excluding hydrogens is 174 g/mol. The molecule has 0 saturated carbocycles. The number of hydrogen-bond acceptors (Lipinski definition) is 2. The molecule has 0 bridgehead atoms. The van der Waals surface area contributed by atoms with E-state index >= 15 is 0 Å². The van der Waals surface area contributed by atoms with Crippen LogP contribution in [0.15, 0.2) is 31.0 Å². The SMILES string of the molecule is C=CC(C)Oc1ccc(Cl)nc1. The molecule has 0 amide bonds. The van der Waals surface area contributed by atoms with Crippen molar-refractivity contribution < 1.29 is 4.74 Å². The van der Waals surface area contributed by atoms with Crippen LogP contribution in [0.4, 0.5) is 0 Å². The first-order valence-corrected chi connectivity index (χ1v) is 4.01. The predicted molar refractivity (Wildman–Crippen MR) is 49.5 cm³/mol. The van der Waals surface area contributed by atoms with Crippen molar-refractivity contribution in [3.8, 4) is 5.75 Å². The molecule has 1 unspecified atom stereocenters. The van der Waals surface area contributed by atoms with E-state index in [1.165, 1.54) is 0 Å². The number of pyridine rings is 1. The largest absolute Gasteiger partial charge is 0.485 e. The van der Waals surface area contributed by atoms with Crippen molar-refractivity contribution >= 4 is 11.6 Å². The molecular formula is C9H10ClNO. The molecule has 64 valence electrons. The van der Waals surface area contributed by atoms with Crippen molar-refractivity contribution in [1.82, 2.24) is 4.98 Å². The maximum atomic E-state index is 5.60. The second-order valence-electron chi connectivity index (χ2n) is 2.38. The van der Waals surface area contributed by atoms with Crippen molar-refractivity contribution in [2.24, 2.45) is 0 Å². The van der Waals surface area contributed by atoms with Gasteiger partial charge in [0.05, 0.1) is 6.20 Å². The molecule has 1 rings (SSSR count). The van der Waals surface area contributed by atoms with Crippen molar-refractivity contribution in [3.63, 3.8) is 0 Å². The lowest BCUT2D eigenvalue weighted by molar-refractivity contribution is 0.269. The maximum absolute atomic E-state index is 5.60. The average Bonchev–Trinajstić information content (AvgIpc) is 2.09. The van der Waals surface area contributed by atoms with Crippen LogP contribution < -0.4 is 4.74 Å². The van der Waals surface area contributed by atoms with E-state index in [1.807, 2.05) is 6.92 Å². The Labute approximate surface area is 76.8 Å². The van der Waals surface area contributed by atoms with E-state index in [2.05, 4.69) is 11.6 Å². The number of aromatic nitrogens is 1. The summed E-state index contributed by atoms with van der Waals surface area (Å²) in [7, 11) is 0. The number of hydrogen-bond donors (Lipinski definition) is 0. The molecule has 0 saturated heterocycles. The second-order valence-corrected chi connectivity index (χ2v) is 2.76. The van der Waals surface area contributed by atoms with Gasteiger partial charge in [0.1, 0.15) is 17.0 Å². The van der Waals surface area contributed by atoms with Crippen LogP contribution in [0, 0.1) is 0 Å². The highest BCUT2D eigenvalue weighted by Gasteiger charge is 1.98. The Kier molecular flexibility index (Phi) is 3.11. The van der Waals surface area contributed by atoms with Crippen LogP contribution in [0.1, 0.15) is 6.92 Å². The van der Waals surface area contributed by atoms with Crippen LogP contribution in [0.3, 0.4) is 0 Å². The van der Waals surface area contributed by atoms with Crippen LogP contribution in [0.25, 0.3) is 0 Å². The molecule has 1 aromatic heterocycles. The zero-order valence-electron chi connectivity index (χ0n) is 6.83. The van der Waals surface area contributed by atoms with Gasteiger partial charge in [-0.15, -0.1) is 0 Å². The molecule has 0 aliphatic carbocycles. The third-order valence-electron chi connectivity index (χ3n) is 1.35. The van der Waals surface area contributed by atoms with Crippen molar-refractivity contribution in [1.29, 1.82) is 0 Å². The molecule has 1 atom stereocenters. The summed E-state index contributed by atoms with van der Waals surface area (Å²) in [5.41, 5.74) is 0. The summed E-state index contributed by atoms with van der Waals surface area (Å²) in [6.45, 7) is 5.51. The fraction of sp³-hybridized carbons (Fsp3) is 0.222. The zero-order valence-corrected chi connectivity index (χ0v) is 7.58. The first kappa shape index (κ1) is 9.07. The van der Waals surface area contributed by atoms with Gasteiger partial charge >= 0.3 is 0 Å². The highest BCUT2D eigenvalue weighted by atomic mass is 35.5. The zero-order chi connectivity index (χ0) is 8.97. The van der Waals surface area contributed by atoms with Crippen molar-refractivity contribution in [3.05, 3.63) is 36.1 Å². The van der Waals surface area contributed by atoms with E-state index < -0.39 is 0 Å². The molecule has 0 N–H and O–H groups in total. The van der Waals surface area contributed by atoms with E-state index in [0.29, 0.717) is 10.9 Å². The van der Waals surface area contributed by atoms with Gasteiger partial charge in [0.2, 0.25) is 0 Å². The first-order valence-electron chi connectivity index (χ1n) is 3.63. The topological polar surface area (TPSA) is 22.1 Å². The van der Waals surface area contributed by atoms with Crippen LogP contribution in [-0.4, -0.2) is 11.1 Å². The minimum absolute atomic E-state index is 0.00650. The second kappa shape index (κ2) is 4.12. The van der Waals surface area contributed by atoms with Crippen LogP contribution in [-0.2, 0) is 0 Å². The summed E-state index contributed by atoms with van der Waals surface area (Å²) in [4.78, 5) is 3.87. The molecule has 3 heteroatoms. The Morgan fingerprint density at radius 3 is 2.92 bits per heavy atom. The van der Waals surface area contributed by atoms with Gasteiger partial charge in [-0.1, -0.05) is 24.3 Å². The minimum atomic E-state index is -0.00650. The highest BCUT2D eigenvalue weighted by molar-refractivity contribution is 6.29. The van der Waals surface area contributed by atoms with Gasteiger partial charge in [-0.25, -0.2) is 4.98 Å². The summed E-state index contributed by atoms with van der Waals surface area (Å²) in [6, 6.07) is 3.46. The molecule has 0 aromatic carbocycles. The van der Waals surface area contributed by atoms with E-state index in [0.717, 1.165) is 0 Å². The minimum Gasteiger partial charge on any atom is -0.485 e. The Bertz CT molecular complexity index is 258. The Balaban J connectivity index is 2.64. The third kappa shape index (κ3) is 2.55. The van der Waals surface area contributed by atoms with Gasteiger partial charge in [-0.05, 0) is 19.1 Å². The lowest BCUT2D eigenvalue weighted by atomic mass is 10.4. The number of nitrogens with zero attached hydrogens (tertiary/aromatic N) is 1. The standard InChI is InChI=1S/C9H10ClNO/c1-3-7(2)12-8-4-5-9(10)11-6-8/h3-7H,1H2,2H3. The van der Waals surface area contributed by atoms with Gasteiger partial charge in [-0.2, -0.15) is 0 Å². The molecule has 0 aliphatic rings. The van der Waals surface area contributed by atoms with Gasteiger partial charge in [0.25, 0.3) is 0 Å². The monoisotopic (exact) mass is 183 g/mol. The van der Waals surface area contributed by atoms with Crippen molar-refractivity contribution in [2.75, 3.05) is 0 Å². The van der Waals surface area contributed by atoms with Gasteiger partial charge in [0, 0.05) is 0 Å². The smallest absolute Gasteiger partial charge is 0.138 e. The van der Waals surface area contributed by atoms with E-state index in [9.17, 15) is 0 Å². The van der Waals surface area contributed by atoms with E-state index in [-0.39, 0.29) is 6.10 Å². The molecule has 0 spiro atoms. The molecule has 1 heterocycles. The molecule has 1 aromatic rings. The molecule has 0 radical (unpaired) electrons. The van der Waals surface area contributed by atoms with E-state index in [1.54, 1.807) is 24.4 Å². The lowest BCUT2D eigenvalue weighted by Gasteiger charge is -2.08. The summed E-state index contributed by atoms with van der Waals surface area (Å²) in [5.74, 6) is 0.701. The lowest BCUT2D eigenvalue weighted by Crippen LogP contribution is -2.07. The molecule has 0 fully saturated rings.